The maximum atomic E-state index is 5.90. The maximum Gasteiger partial charge on any atom is 0.157 e. The summed E-state index contributed by atoms with van der Waals surface area (Å²) < 4.78 is 11.8. The minimum Gasteiger partial charge on any atom is -0.353 e. The highest BCUT2D eigenvalue weighted by molar-refractivity contribution is 4.59. The van der Waals surface area contributed by atoms with Crippen LogP contribution in [0.3, 0.4) is 0 Å². The topological polar surface area (TPSA) is 18.5 Å². The summed E-state index contributed by atoms with van der Waals surface area (Å²) in [5.41, 5.74) is 0. The molecule has 0 unspecified atom stereocenters. The Kier molecular flexibility index (Phi) is 13.8. The normalized spacial score (nSPS) is 13.3. The van der Waals surface area contributed by atoms with E-state index in [-0.39, 0.29) is 6.29 Å². The fourth-order valence-corrected chi connectivity index (χ4v) is 2.22. The van der Waals surface area contributed by atoms with Gasteiger partial charge < -0.3 is 9.47 Å². The van der Waals surface area contributed by atoms with Gasteiger partial charge in [0, 0.05) is 19.6 Å². The predicted octanol–water partition coefficient (Wildman–Crippen LogP) is 5.80. The SMILES string of the molecule is CCCCOC(C[C@H](C)CCCC(C)C)OCCCC. The third kappa shape index (κ3) is 12.9. The standard InChI is InChI=1S/C18H38O2/c1-6-8-13-19-18(20-14-9-7-2)15-17(5)12-10-11-16(3)4/h16-18H,6-15H2,1-5H3/t17-/m1/s1. The van der Waals surface area contributed by atoms with Crippen LogP contribution in [0.5, 0.6) is 0 Å². The molecule has 0 amide bonds. The van der Waals surface area contributed by atoms with Crippen molar-refractivity contribution in [1.82, 2.24) is 0 Å². The van der Waals surface area contributed by atoms with Gasteiger partial charge in [-0.25, -0.2) is 0 Å². The molecular formula is C18H38O2. The Bertz CT molecular complexity index is 182. The van der Waals surface area contributed by atoms with Crippen LogP contribution in [0.2, 0.25) is 0 Å². The van der Waals surface area contributed by atoms with Gasteiger partial charge in [0.25, 0.3) is 0 Å². The highest BCUT2D eigenvalue weighted by atomic mass is 16.7. The van der Waals surface area contributed by atoms with E-state index in [9.17, 15) is 0 Å². The summed E-state index contributed by atoms with van der Waals surface area (Å²) in [5.74, 6) is 1.52. The van der Waals surface area contributed by atoms with Crippen LogP contribution in [-0.2, 0) is 9.47 Å². The van der Waals surface area contributed by atoms with Gasteiger partial charge in [0.05, 0.1) is 0 Å². The van der Waals surface area contributed by atoms with E-state index in [2.05, 4.69) is 34.6 Å². The average molecular weight is 286 g/mol. The summed E-state index contributed by atoms with van der Waals surface area (Å²) >= 11 is 0. The number of unbranched alkanes of at least 4 members (excludes halogenated alkanes) is 2. The van der Waals surface area contributed by atoms with Crippen molar-refractivity contribution < 1.29 is 9.47 Å². The molecule has 0 aliphatic rings. The van der Waals surface area contributed by atoms with E-state index in [0.717, 1.165) is 38.4 Å². The van der Waals surface area contributed by atoms with Crippen LogP contribution in [0.25, 0.3) is 0 Å². The zero-order valence-electron chi connectivity index (χ0n) is 14.6. The molecule has 0 fully saturated rings. The van der Waals surface area contributed by atoms with Crippen molar-refractivity contribution in [3.8, 4) is 0 Å². The molecule has 0 rings (SSSR count). The van der Waals surface area contributed by atoms with Crippen molar-refractivity contribution in [2.24, 2.45) is 11.8 Å². The van der Waals surface area contributed by atoms with Crippen molar-refractivity contribution in [2.45, 2.75) is 92.3 Å². The van der Waals surface area contributed by atoms with Gasteiger partial charge in [-0.1, -0.05) is 66.7 Å². The first-order chi connectivity index (χ1) is 9.60. The van der Waals surface area contributed by atoms with Gasteiger partial charge in [0.1, 0.15) is 0 Å². The second-order valence-corrected chi connectivity index (χ2v) is 6.54. The van der Waals surface area contributed by atoms with Gasteiger partial charge in [-0.05, 0) is 24.7 Å². The third-order valence-electron chi connectivity index (χ3n) is 3.68. The number of rotatable bonds is 14. The largest absolute Gasteiger partial charge is 0.353 e. The monoisotopic (exact) mass is 286 g/mol. The number of ether oxygens (including phenoxy) is 2. The lowest BCUT2D eigenvalue weighted by atomic mass is 9.97. The average Bonchev–Trinajstić information content (AvgIpc) is 2.38. The second-order valence-electron chi connectivity index (χ2n) is 6.54. The Morgan fingerprint density at radius 2 is 1.30 bits per heavy atom. The maximum absolute atomic E-state index is 5.90. The van der Waals surface area contributed by atoms with Crippen molar-refractivity contribution >= 4 is 0 Å². The first-order valence-electron chi connectivity index (χ1n) is 8.83. The summed E-state index contributed by atoms with van der Waals surface area (Å²) in [6.45, 7) is 13.0. The molecule has 0 saturated carbocycles. The third-order valence-corrected chi connectivity index (χ3v) is 3.68. The van der Waals surface area contributed by atoms with Crippen LogP contribution in [0, 0.1) is 11.8 Å². The summed E-state index contributed by atoms with van der Waals surface area (Å²) in [6, 6.07) is 0. The molecule has 2 nitrogen and oxygen atoms in total. The van der Waals surface area contributed by atoms with Crippen LogP contribution in [0.1, 0.15) is 86.0 Å². The zero-order chi connectivity index (χ0) is 15.2. The van der Waals surface area contributed by atoms with Crippen molar-refractivity contribution in [2.75, 3.05) is 13.2 Å². The fraction of sp³-hybridized carbons (Fsp3) is 1.00. The predicted molar refractivity (Wildman–Crippen MR) is 88.0 cm³/mol. The van der Waals surface area contributed by atoms with Crippen molar-refractivity contribution in [3.05, 3.63) is 0 Å². The van der Waals surface area contributed by atoms with Crippen LogP contribution in [-0.4, -0.2) is 19.5 Å². The van der Waals surface area contributed by atoms with Gasteiger partial charge >= 0.3 is 0 Å². The first kappa shape index (κ1) is 19.9. The summed E-state index contributed by atoms with van der Waals surface area (Å²) in [5, 5.41) is 0. The lowest BCUT2D eigenvalue weighted by Crippen LogP contribution is -2.21. The molecule has 122 valence electrons. The number of hydrogen-bond donors (Lipinski definition) is 0. The quantitative estimate of drug-likeness (QED) is 0.297. The molecule has 0 spiro atoms. The molecule has 1 atom stereocenters. The van der Waals surface area contributed by atoms with E-state index in [4.69, 9.17) is 9.47 Å². The van der Waals surface area contributed by atoms with E-state index in [1.807, 2.05) is 0 Å². The molecule has 0 aromatic rings. The highest BCUT2D eigenvalue weighted by Crippen LogP contribution is 2.19. The Morgan fingerprint density at radius 1 is 0.750 bits per heavy atom. The molecule has 0 aromatic heterocycles. The van der Waals surface area contributed by atoms with E-state index in [1.165, 1.54) is 32.1 Å². The minimum atomic E-state index is 0.0159. The fourth-order valence-electron chi connectivity index (χ4n) is 2.22. The Balaban J connectivity index is 3.90. The van der Waals surface area contributed by atoms with Crippen LogP contribution in [0.4, 0.5) is 0 Å². The zero-order valence-corrected chi connectivity index (χ0v) is 14.6. The Labute approximate surface area is 127 Å². The Hall–Kier alpha value is -0.0800. The van der Waals surface area contributed by atoms with E-state index in [0.29, 0.717) is 5.92 Å². The van der Waals surface area contributed by atoms with Gasteiger partial charge in [0.2, 0.25) is 0 Å². The molecule has 0 radical (unpaired) electrons. The highest BCUT2D eigenvalue weighted by Gasteiger charge is 2.14. The van der Waals surface area contributed by atoms with Crippen LogP contribution >= 0.6 is 0 Å². The van der Waals surface area contributed by atoms with Crippen LogP contribution < -0.4 is 0 Å². The molecule has 0 aliphatic heterocycles. The van der Waals surface area contributed by atoms with E-state index >= 15 is 0 Å². The smallest absolute Gasteiger partial charge is 0.157 e. The molecule has 0 bridgehead atoms. The lowest BCUT2D eigenvalue weighted by Gasteiger charge is -2.22. The molecular weight excluding hydrogens is 248 g/mol. The van der Waals surface area contributed by atoms with E-state index in [1.54, 1.807) is 0 Å². The summed E-state index contributed by atoms with van der Waals surface area (Å²) in [7, 11) is 0. The first-order valence-corrected chi connectivity index (χ1v) is 8.83. The second kappa shape index (κ2) is 13.9. The van der Waals surface area contributed by atoms with Crippen LogP contribution in [0.15, 0.2) is 0 Å². The van der Waals surface area contributed by atoms with Gasteiger partial charge in [-0.2, -0.15) is 0 Å². The molecule has 0 N–H and O–H groups in total. The lowest BCUT2D eigenvalue weighted by molar-refractivity contribution is -0.152. The molecule has 0 aliphatic carbocycles. The number of hydrogen-bond acceptors (Lipinski definition) is 2. The Morgan fingerprint density at radius 3 is 1.75 bits per heavy atom. The van der Waals surface area contributed by atoms with Gasteiger partial charge in [-0.15, -0.1) is 0 Å². The summed E-state index contributed by atoms with van der Waals surface area (Å²) in [6.07, 6.45) is 9.66. The van der Waals surface area contributed by atoms with Crippen molar-refractivity contribution in [3.63, 3.8) is 0 Å². The van der Waals surface area contributed by atoms with E-state index < -0.39 is 0 Å². The molecule has 0 heterocycles. The van der Waals surface area contributed by atoms with Gasteiger partial charge in [-0.3, -0.25) is 0 Å². The molecule has 0 aromatic carbocycles. The molecule has 2 heteroatoms. The minimum absolute atomic E-state index is 0.0159. The van der Waals surface area contributed by atoms with Gasteiger partial charge in [0.15, 0.2) is 6.29 Å². The summed E-state index contributed by atoms with van der Waals surface area (Å²) in [4.78, 5) is 0. The van der Waals surface area contributed by atoms with Crippen molar-refractivity contribution in [1.29, 1.82) is 0 Å². The molecule has 20 heavy (non-hydrogen) atoms. The molecule has 0 saturated heterocycles.